The summed E-state index contributed by atoms with van der Waals surface area (Å²) < 4.78 is 10.3. The number of ether oxygens (including phenoxy) is 2. The molecule has 0 spiro atoms. The van der Waals surface area contributed by atoms with Crippen molar-refractivity contribution in [3.63, 3.8) is 0 Å². The average molecular weight is 453 g/mol. The summed E-state index contributed by atoms with van der Waals surface area (Å²) in [5, 5.41) is 0. The molecule has 0 atom stereocenters. The molecule has 0 aromatic heterocycles. The number of esters is 2. The molecular formula is C28H52O4. The highest BCUT2D eigenvalue weighted by Crippen LogP contribution is 2.10. The van der Waals surface area contributed by atoms with Crippen molar-refractivity contribution in [1.29, 1.82) is 0 Å². The molecule has 0 bridgehead atoms. The van der Waals surface area contributed by atoms with Crippen molar-refractivity contribution < 1.29 is 19.1 Å². The zero-order valence-electron chi connectivity index (χ0n) is 21.3. The predicted molar refractivity (Wildman–Crippen MR) is 135 cm³/mol. The summed E-state index contributed by atoms with van der Waals surface area (Å²) in [7, 11) is 0. The van der Waals surface area contributed by atoms with Gasteiger partial charge in [0.25, 0.3) is 0 Å². The average Bonchev–Trinajstić information content (AvgIpc) is 2.79. The van der Waals surface area contributed by atoms with E-state index in [1.807, 2.05) is 0 Å². The standard InChI is InChI=1S/C28H52O4/c1-3-5-7-9-10-11-12-13-14-15-16-17-18-20-22-24-28(30)32-26-25-31-27(29)23-21-19-8-6-4-2/h13-14H,3-12,15-26H2,1-2H3/b14-13+. The largest absolute Gasteiger partial charge is 0.462 e. The van der Waals surface area contributed by atoms with Gasteiger partial charge in [-0.3, -0.25) is 9.59 Å². The van der Waals surface area contributed by atoms with E-state index in [-0.39, 0.29) is 25.2 Å². The van der Waals surface area contributed by atoms with E-state index in [2.05, 4.69) is 26.0 Å². The molecule has 0 aromatic rings. The van der Waals surface area contributed by atoms with Crippen LogP contribution in [-0.2, 0) is 19.1 Å². The lowest BCUT2D eigenvalue weighted by Gasteiger charge is -2.06. The summed E-state index contributed by atoms with van der Waals surface area (Å²) in [5.41, 5.74) is 0. The van der Waals surface area contributed by atoms with E-state index in [0.717, 1.165) is 25.7 Å². The molecule has 0 saturated heterocycles. The van der Waals surface area contributed by atoms with Gasteiger partial charge in [0.15, 0.2) is 0 Å². The number of unbranched alkanes of at least 4 members (excludes halogenated alkanes) is 15. The van der Waals surface area contributed by atoms with Crippen molar-refractivity contribution in [2.24, 2.45) is 0 Å². The Morgan fingerprint density at radius 3 is 1.25 bits per heavy atom. The van der Waals surface area contributed by atoms with Crippen LogP contribution >= 0.6 is 0 Å². The molecule has 0 rings (SSSR count). The van der Waals surface area contributed by atoms with Gasteiger partial charge in [-0.2, -0.15) is 0 Å². The number of carbonyl (C=O) groups excluding carboxylic acids is 2. The Morgan fingerprint density at radius 1 is 0.500 bits per heavy atom. The number of hydrogen-bond acceptors (Lipinski definition) is 4. The van der Waals surface area contributed by atoms with Crippen LogP contribution in [0.3, 0.4) is 0 Å². The van der Waals surface area contributed by atoms with Crippen LogP contribution in [0.1, 0.15) is 142 Å². The Morgan fingerprint density at radius 2 is 0.844 bits per heavy atom. The summed E-state index contributed by atoms with van der Waals surface area (Å²) in [4.78, 5) is 23.3. The molecule has 0 N–H and O–H groups in total. The van der Waals surface area contributed by atoms with Gasteiger partial charge in [0.2, 0.25) is 0 Å². The van der Waals surface area contributed by atoms with E-state index >= 15 is 0 Å². The fraction of sp³-hybridized carbons (Fsp3) is 0.857. The minimum Gasteiger partial charge on any atom is -0.462 e. The van der Waals surface area contributed by atoms with E-state index in [0.29, 0.717) is 12.8 Å². The number of rotatable bonds is 24. The molecule has 0 radical (unpaired) electrons. The minimum atomic E-state index is -0.185. The molecule has 188 valence electrons. The van der Waals surface area contributed by atoms with Gasteiger partial charge >= 0.3 is 11.9 Å². The quantitative estimate of drug-likeness (QED) is 0.0837. The lowest BCUT2D eigenvalue weighted by Crippen LogP contribution is -2.13. The van der Waals surface area contributed by atoms with Crippen molar-refractivity contribution in [3.05, 3.63) is 12.2 Å². The van der Waals surface area contributed by atoms with Crippen LogP contribution in [0.15, 0.2) is 12.2 Å². The van der Waals surface area contributed by atoms with Gasteiger partial charge in [-0.15, -0.1) is 0 Å². The number of carbonyl (C=O) groups is 2. The maximum absolute atomic E-state index is 11.7. The Hall–Kier alpha value is -1.32. The normalized spacial score (nSPS) is 11.2. The Labute approximate surface area is 198 Å². The second-order valence-corrected chi connectivity index (χ2v) is 8.94. The third kappa shape index (κ3) is 24.9. The minimum absolute atomic E-state index is 0.172. The molecular weight excluding hydrogens is 400 g/mol. The topological polar surface area (TPSA) is 52.6 Å². The molecule has 0 saturated carbocycles. The van der Waals surface area contributed by atoms with Crippen LogP contribution in [0.5, 0.6) is 0 Å². The van der Waals surface area contributed by atoms with Crippen LogP contribution in [-0.4, -0.2) is 25.2 Å². The van der Waals surface area contributed by atoms with E-state index in [1.165, 1.54) is 89.9 Å². The second kappa shape index (κ2) is 25.9. The van der Waals surface area contributed by atoms with Gasteiger partial charge in [0.05, 0.1) is 0 Å². The Kier molecular flexibility index (Phi) is 24.9. The van der Waals surface area contributed by atoms with Gasteiger partial charge in [0.1, 0.15) is 13.2 Å². The molecule has 0 aliphatic carbocycles. The molecule has 0 unspecified atom stereocenters. The second-order valence-electron chi connectivity index (χ2n) is 8.94. The number of allylic oxidation sites excluding steroid dienone is 2. The molecule has 0 aliphatic heterocycles. The summed E-state index contributed by atoms with van der Waals surface area (Å²) in [6, 6.07) is 0. The van der Waals surface area contributed by atoms with Crippen molar-refractivity contribution >= 4 is 11.9 Å². The SMILES string of the molecule is CCCCCCCC/C=C/CCCCCCCC(=O)OCCOC(=O)CCCCCCC. The van der Waals surface area contributed by atoms with Gasteiger partial charge in [-0.25, -0.2) is 0 Å². The summed E-state index contributed by atoms with van der Waals surface area (Å²) in [6.45, 7) is 4.78. The third-order valence-electron chi connectivity index (χ3n) is 5.74. The highest BCUT2D eigenvalue weighted by Gasteiger charge is 2.05. The van der Waals surface area contributed by atoms with Gasteiger partial charge in [-0.05, 0) is 38.5 Å². The first-order valence-corrected chi connectivity index (χ1v) is 13.7. The van der Waals surface area contributed by atoms with Crippen LogP contribution in [0, 0.1) is 0 Å². The molecule has 32 heavy (non-hydrogen) atoms. The first-order valence-electron chi connectivity index (χ1n) is 13.7. The monoisotopic (exact) mass is 452 g/mol. The van der Waals surface area contributed by atoms with Gasteiger partial charge < -0.3 is 9.47 Å². The van der Waals surface area contributed by atoms with Gasteiger partial charge in [0, 0.05) is 12.8 Å². The Balaban J connectivity index is 3.31. The predicted octanol–water partition coefficient (Wildman–Crippen LogP) is 8.47. The molecule has 4 heteroatoms. The first kappa shape index (κ1) is 30.7. The van der Waals surface area contributed by atoms with Crippen LogP contribution in [0.4, 0.5) is 0 Å². The van der Waals surface area contributed by atoms with Crippen LogP contribution < -0.4 is 0 Å². The highest BCUT2D eigenvalue weighted by atomic mass is 16.6. The zero-order valence-corrected chi connectivity index (χ0v) is 21.3. The maximum atomic E-state index is 11.7. The molecule has 0 aliphatic rings. The highest BCUT2D eigenvalue weighted by molar-refractivity contribution is 5.70. The molecule has 4 nitrogen and oxygen atoms in total. The van der Waals surface area contributed by atoms with Crippen LogP contribution in [0.2, 0.25) is 0 Å². The van der Waals surface area contributed by atoms with E-state index in [9.17, 15) is 9.59 Å². The smallest absolute Gasteiger partial charge is 0.305 e. The van der Waals surface area contributed by atoms with Crippen molar-refractivity contribution in [2.75, 3.05) is 13.2 Å². The van der Waals surface area contributed by atoms with E-state index in [1.54, 1.807) is 0 Å². The van der Waals surface area contributed by atoms with E-state index < -0.39 is 0 Å². The molecule has 0 amide bonds. The van der Waals surface area contributed by atoms with E-state index in [4.69, 9.17) is 9.47 Å². The number of hydrogen-bond donors (Lipinski definition) is 0. The molecule has 0 fully saturated rings. The maximum Gasteiger partial charge on any atom is 0.305 e. The lowest BCUT2D eigenvalue weighted by atomic mass is 10.1. The fourth-order valence-electron chi connectivity index (χ4n) is 3.67. The van der Waals surface area contributed by atoms with Crippen LogP contribution in [0.25, 0.3) is 0 Å². The van der Waals surface area contributed by atoms with Crippen molar-refractivity contribution in [1.82, 2.24) is 0 Å². The zero-order chi connectivity index (χ0) is 23.5. The van der Waals surface area contributed by atoms with Crippen molar-refractivity contribution in [3.8, 4) is 0 Å². The Bertz CT molecular complexity index is 445. The molecule has 0 aromatic carbocycles. The summed E-state index contributed by atoms with van der Waals surface area (Å²) in [6.07, 6.45) is 27.4. The molecule has 0 heterocycles. The fourth-order valence-corrected chi connectivity index (χ4v) is 3.67. The summed E-state index contributed by atoms with van der Waals surface area (Å²) >= 11 is 0. The first-order chi connectivity index (χ1) is 15.7. The summed E-state index contributed by atoms with van der Waals surface area (Å²) in [5.74, 6) is -0.368. The third-order valence-corrected chi connectivity index (χ3v) is 5.74. The van der Waals surface area contributed by atoms with Gasteiger partial charge in [-0.1, -0.05) is 103 Å². The van der Waals surface area contributed by atoms with Crippen molar-refractivity contribution in [2.45, 2.75) is 142 Å². The lowest BCUT2D eigenvalue weighted by molar-refractivity contribution is -0.152.